The summed E-state index contributed by atoms with van der Waals surface area (Å²) < 4.78 is 0. The van der Waals surface area contributed by atoms with Crippen molar-refractivity contribution in [3.63, 3.8) is 0 Å². The lowest BCUT2D eigenvalue weighted by Gasteiger charge is -2.21. The Morgan fingerprint density at radius 1 is 1.57 bits per heavy atom. The maximum absolute atomic E-state index is 11.3. The molecule has 0 radical (unpaired) electrons. The standard InChI is InChI=1S/C11H21NOS/c1-3-9(2)10(14)6-8-12-7-4-5-11(12)13/h9-10,14H,3-8H2,1-2H3. The SMILES string of the molecule is CCC(C)C(S)CCN1CCCC1=O. The maximum atomic E-state index is 11.3. The summed E-state index contributed by atoms with van der Waals surface area (Å²) in [6, 6.07) is 0. The number of amides is 1. The molecule has 1 rings (SSSR count). The number of carbonyl (C=O) groups is 1. The Morgan fingerprint density at radius 2 is 2.29 bits per heavy atom. The molecule has 0 aromatic rings. The number of nitrogens with zero attached hydrogens (tertiary/aromatic N) is 1. The van der Waals surface area contributed by atoms with Crippen LogP contribution in [-0.4, -0.2) is 29.1 Å². The zero-order chi connectivity index (χ0) is 10.6. The van der Waals surface area contributed by atoms with E-state index in [1.54, 1.807) is 0 Å². The van der Waals surface area contributed by atoms with Crippen molar-refractivity contribution in [1.82, 2.24) is 4.90 Å². The molecule has 1 aliphatic rings. The predicted molar refractivity (Wildman–Crippen MR) is 62.7 cm³/mol. The molecule has 2 atom stereocenters. The Morgan fingerprint density at radius 3 is 2.79 bits per heavy atom. The molecule has 3 heteroatoms. The Balaban J connectivity index is 2.22. The van der Waals surface area contributed by atoms with Crippen molar-refractivity contribution in [3.05, 3.63) is 0 Å². The van der Waals surface area contributed by atoms with Crippen LogP contribution in [0.5, 0.6) is 0 Å². The Hall–Kier alpha value is -0.180. The summed E-state index contributed by atoms with van der Waals surface area (Å²) >= 11 is 4.57. The van der Waals surface area contributed by atoms with E-state index in [1.165, 1.54) is 6.42 Å². The molecule has 1 heterocycles. The predicted octanol–water partition coefficient (Wildman–Crippen LogP) is 2.34. The normalized spacial score (nSPS) is 21.4. The first-order valence-electron chi connectivity index (χ1n) is 5.61. The van der Waals surface area contributed by atoms with Crippen molar-refractivity contribution >= 4 is 18.5 Å². The van der Waals surface area contributed by atoms with Gasteiger partial charge in [-0.3, -0.25) is 4.79 Å². The molecular formula is C11H21NOS. The molecule has 82 valence electrons. The summed E-state index contributed by atoms with van der Waals surface area (Å²) in [5, 5.41) is 0.438. The van der Waals surface area contributed by atoms with Crippen molar-refractivity contribution in [2.24, 2.45) is 5.92 Å². The fraction of sp³-hybridized carbons (Fsp3) is 0.909. The first-order chi connectivity index (χ1) is 6.65. The van der Waals surface area contributed by atoms with Gasteiger partial charge >= 0.3 is 0 Å². The third-order valence-corrected chi connectivity index (χ3v) is 3.93. The fourth-order valence-electron chi connectivity index (χ4n) is 1.79. The largest absolute Gasteiger partial charge is 0.343 e. The highest BCUT2D eigenvalue weighted by molar-refractivity contribution is 7.81. The van der Waals surface area contributed by atoms with Crippen molar-refractivity contribution < 1.29 is 4.79 Å². The number of hydrogen-bond acceptors (Lipinski definition) is 2. The van der Waals surface area contributed by atoms with E-state index in [9.17, 15) is 4.79 Å². The van der Waals surface area contributed by atoms with Gasteiger partial charge in [0, 0.05) is 24.8 Å². The summed E-state index contributed by atoms with van der Waals surface area (Å²) in [5.41, 5.74) is 0. The molecule has 0 saturated carbocycles. The molecule has 0 aliphatic carbocycles. The lowest BCUT2D eigenvalue weighted by Crippen LogP contribution is -2.28. The number of thiol groups is 1. The van der Waals surface area contributed by atoms with Crippen LogP contribution in [0.4, 0.5) is 0 Å². The molecule has 2 unspecified atom stereocenters. The van der Waals surface area contributed by atoms with E-state index in [1.807, 2.05) is 4.90 Å². The summed E-state index contributed by atoms with van der Waals surface area (Å²) in [7, 11) is 0. The van der Waals surface area contributed by atoms with Crippen LogP contribution < -0.4 is 0 Å². The molecule has 0 aromatic heterocycles. The highest BCUT2D eigenvalue weighted by atomic mass is 32.1. The van der Waals surface area contributed by atoms with Crippen LogP contribution in [0, 0.1) is 5.92 Å². The molecule has 1 aliphatic heterocycles. The second-order valence-corrected chi connectivity index (χ2v) is 4.89. The minimum atomic E-state index is 0.328. The average molecular weight is 215 g/mol. The van der Waals surface area contributed by atoms with Gasteiger partial charge in [0.1, 0.15) is 0 Å². The van der Waals surface area contributed by atoms with Crippen LogP contribution in [0.15, 0.2) is 0 Å². The number of rotatable bonds is 5. The lowest BCUT2D eigenvalue weighted by atomic mass is 10.0. The third kappa shape index (κ3) is 3.19. The molecular weight excluding hydrogens is 194 g/mol. The Bertz CT molecular complexity index is 196. The fourth-order valence-corrected chi connectivity index (χ4v) is 2.11. The highest BCUT2D eigenvalue weighted by Gasteiger charge is 2.21. The topological polar surface area (TPSA) is 20.3 Å². The van der Waals surface area contributed by atoms with Crippen molar-refractivity contribution in [2.45, 2.75) is 44.8 Å². The van der Waals surface area contributed by atoms with Crippen LogP contribution >= 0.6 is 12.6 Å². The Kier molecular flexibility index (Phi) is 4.79. The van der Waals surface area contributed by atoms with Crippen molar-refractivity contribution in [2.75, 3.05) is 13.1 Å². The molecule has 14 heavy (non-hydrogen) atoms. The monoisotopic (exact) mass is 215 g/mol. The van der Waals surface area contributed by atoms with Crippen LogP contribution in [-0.2, 0) is 4.79 Å². The quantitative estimate of drug-likeness (QED) is 0.698. The summed E-state index contributed by atoms with van der Waals surface area (Å²) in [6.45, 7) is 6.27. The van der Waals surface area contributed by atoms with Gasteiger partial charge in [-0.25, -0.2) is 0 Å². The van der Waals surface area contributed by atoms with E-state index >= 15 is 0 Å². The van der Waals surface area contributed by atoms with E-state index in [4.69, 9.17) is 0 Å². The van der Waals surface area contributed by atoms with Gasteiger partial charge in [-0.1, -0.05) is 20.3 Å². The maximum Gasteiger partial charge on any atom is 0.222 e. The lowest BCUT2D eigenvalue weighted by molar-refractivity contribution is -0.127. The van der Waals surface area contributed by atoms with Crippen molar-refractivity contribution in [3.8, 4) is 0 Å². The van der Waals surface area contributed by atoms with E-state index < -0.39 is 0 Å². The van der Waals surface area contributed by atoms with Gasteiger partial charge in [0.05, 0.1) is 0 Å². The number of hydrogen-bond donors (Lipinski definition) is 1. The zero-order valence-corrected chi connectivity index (χ0v) is 10.1. The highest BCUT2D eigenvalue weighted by Crippen LogP contribution is 2.19. The van der Waals surface area contributed by atoms with E-state index in [2.05, 4.69) is 26.5 Å². The smallest absolute Gasteiger partial charge is 0.222 e. The van der Waals surface area contributed by atoms with E-state index in [0.29, 0.717) is 17.1 Å². The molecule has 0 bridgehead atoms. The second kappa shape index (κ2) is 5.64. The number of likely N-dealkylation sites (tertiary alicyclic amines) is 1. The van der Waals surface area contributed by atoms with Crippen molar-refractivity contribution in [1.29, 1.82) is 0 Å². The van der Waals surface area contributed by atoms with Crippen LogP contribution in [0.2, 0.25) is 0 Å². The first-order valence-corrected chi connectivity index (χ1v) is 6.12. The minimum Gasteiger partial charge on any atom is -0.343 e. The molecule has 0 N–H and O–H groups in total. The molecule has 2 nitrogen and oxygen atoms in total. The zero-order valence-electron chi connectivity index (χ0n) is 9.20. The van der Waals surface area contributed by atoms with Gasteiger partial charge in [-0.2, -0.15) is 12.6 Å². The van der Waals surface area contributed by atoms with E-state index in [0.717, 1.165) is 32.4 Å². The van der Waals surface area contributed by atoms with E-state index in [-0.39, 0.29) is 0 Å². The van der Waals surface area contributed by atoms with Gasteiger partial charge in [0.25, 0.3) is 0 Å². The average Bonchev–Trinajstić information content (AvgIpc) is 2.59. The minimum absolute atomic E-state index is 0.328. The van der Waals surface area contributed by atoms with Crippen LogP contribution in [0.3, 0.4) is 0 Å². The second-order valence-electron chi connectivity index (χ2n) is 4.23. The molecule has 1 amide bonds. The molecule has 0 aromatic carbocycles. The summed E-state index contributed by atoms with van der Waals surface area (Å²) in [5.74, 6) is 0.978. The van der Waals surface area contributed by atoms with Crippen LogP contribution in [0.1, 0.15) is 39.5 Å². The first kappa shape index (κ1) is 11.9. The Labute approximate surface area is 92.5 Å². The summed E-state index contributed by atoms with van der Waals surface area (Å²) in [4.78, 5) is 13.3. The van der Waals surface area contributed by atoms with Gasteiger partial charge in [0.15, 0.2) is 0 Å². The molecule has 1 saturated heterocycles. The third-order valence-electron chi connectivity index (χ3n) is 3.17. The summed E-state index contributed by atoms with van der Waals surface area (Å²) in [6.07, 6.45) is 3.99. The molecule has 1 fully saturated rings. The van der Waals surface area contributed by atoms with Gasteiger partial charge in [-0.15, -0.1) is 0 Å². The molecule has 0 spiro atoms. The number of carbonyl (C=O) groups excluding carboxylic acids is 1. The van der Waals surface area contributed by atoms with Gasteiger partial charge in [-0.05, 0) is 18.8 Å². The van der Waals surface area contributed by atoms with Gasteiger partial charge in [0.2, 0.25) is 5.91 Å². The van der Waals surface area contributed by atoms with Crippen LogP contribution in [0.25, 0.3) is 0 Å². The van der Waals surface area contributed by atoms with Gasteiger partial charge < -0.3 is 4.90 Å².